The monoisotopic (exact) mass is 403 g/mol. The van der Waals surface area contributed by atoms with Crippen molar-refractivity contribution >= 4 is 34.8 Å². The van der Waals surface area contributed by atoms with Crippen LogP contribution in [0, 0.1) is 5.92 Å². The van der Waals surface area contributed by atoms with Gasteiger partial charge in [0.15, 0.2) is 0 Å². The maximum Gasteiger partial charge on any atom is 0.229 e. The predicted molar refractivity (Wildman–Crippen MR) is 105 cm³/mol. The molecule has 0 spiro atoms. The van der Waals surface area contributed by atoms with E-state index in [1.165, 1.54) is 0 Å². The number of carbonyl (C=O) groups is 2. The van der Waals surface area contributed by atoms with Crippen molar-refractivity contribution in [3.63, 3.8) is 0 Å². The average molecular weight is 404 g/mol. The molecule has 3 heterocycles. The fourth-order valence-corrected chi connectivity index (χ4v) is 3.88. The molecule has 7 nitrogen and oxygen atoms in total. The second kappa shape index (κ2) is 8.24. The largest absolute Gasteiger partial charge is 0.467 e. The molecule has 2 aliphatic heterocycles. The summed E-state index contributed by atoms with van der Waals surface area (Å²) in [6, 6.07) is 9.10. The molecule has 1 unspecified atom stereocenters. The molecule has 2 amide bonds. The Labute approximate surface area is 168 Å². The lowest BCUT2D eigenvalue weighted by atomic mass is 10.1. The molecule has 8 heteroatoms. The first-order valence-corrected chi connectivity index (χ1v) is 9.71. The second-order valence-corrected chi connectivity index (χ2v) is 7.42. The number of amides is 2. The van der Waals surface area contributed by atoms with E-state index in [1.807, 2.05) is 18.2 Å². The molecule has 0 radical (unpaired) electrons. The summed E-state index contributed by atoms with van der Waals surface area (Å²) in [5.74, 6) is 0.0998. The highest BCUT2D eigenvalue weighted by molar-refractivity contribution is 6.33. The van der Waals surface area contributed by atoms with Crippen LogP contribution in [0.5, 0.6) is 0 Å². The Hall–Kier alpha value is -2.51. The molecule has 1 aromatic heterocycles. The van der Waals surface area contributed by atoms with E-state index in [0.29, 0.717) is 42.8 Å². The number of nitrogens with zero attached hydrogens (tertiary/aromatic N) is 2. The van der Waals surface area contributed by atoms with Crippen molar-refractivity contribution in [3.8, 4) is 0 Å². The number of anilines is 2. The molecule has 2 saturated heterocycles. The number of hydrogen-bond acceptors (Lipinski definition) is 5. The lowest BCUT2D eigenvalue weighted by Gasteiger charge is -2.29. The molecule has 4 rings (SSSR count). The first-order valence-electron chi connectivity index (χ1n) is 9.33. The normalized spacial score (nSPS) is 19.9. The van der Waals surface area contributed by atoms with Crippen LogP contribution in [0.3, 0.4) is 0 Å². The molecular weight excluding hydrogens is 382 g/mol. The van der Waals surface area contributed by atoms with Crippen molar-refractivity contribution in [3.05, 3.63) is 47.4 Å². The highest BCUT2D eigenvalue weighted by Gasteiger charge is 2.34. The standard InChI is InChI=1S/C20H22ClN3O4/c21-17-11-15(3-4-18(17)23-5-8-27-9-6-23)22-20(26)14-10-19(25)24(12-14)13-16-2-1-7-28-16/h1-4,7,11,14H,5-6,8-10,12-13H2,(H,22,26). The Balaban J connectivity index is 1.37. The van der Waals surface area contributed by atoms with E-state index < -0.39 is 0 Å². The highest BCUT2D eigenvalue weighted by Crippen LogP contribution is 2.30. The first-order chi connectivity index (χ1) is 13.6. The van der Waals surface area contributed by atoms with Gasteiger partial charge in [-0.2, -0.15) is 0 Å². The van der Waals surface area contributed by atoms with Gasteiger partial charge in [0.05, 0.1) is 42.6 Å². The van der Waals surface area contributed by atoms with Gasteiger partial charge in [0, 0.05) is 31.7 Å². The van der Waals surface area contributed by atoms with Crippen LogP contribution in [0.1, 0.15) is 12.2 Å². The lowest BCUT2D eigenvalue weighted by molar-refractivity contribution is -0.128. The molecule has 28 heavy (non-hydrogen) atoms. The molecule has 0 saturated carbocycles. The molecule has 2 fully saturated rings. The summed E-state index contributed by atoms with van der Waals surface area (Å²) in [6.45, 7) is 3.71. The summed E-state index contributed by atoms with van der Waals surface area (Å²) in [5, 5.41) is 3.47. The number of morpholine rings is 1. The predicted octanol–water partition coefficient (Wildman–Crippen LogP) is 2.76. The summed E-state index contributed by atoms with van der Waals surface area (Å²) in [7, 11) is 0. The van der Waals surface area contributed by atoms with Crippen molar-refractivity contribution in [1.29, 1.82) is 0 Å². The zero-order valence-electron chi connectivity index (χ0n) is 15.4. The van der Waals surface area contributed by atoms with Gasteiger partial charge in [0.2, 0.25) is 11.8 Å². The van der Waals surface area contributed by atoms with E-state index in [4.69, 9.17) is 20.8 Å². The first kappa shape index (κ1) is 18.8. The van der Waals surface area contributed by atoms with E-state index in [9.17, 15) is 9.59 Å². The fraction of sp³-hybridized carbons (Fsp3) is 0.400. The van der Waals surface area contributed by atoms with E-state index in [0.717, 1.165) is 18.8 Å². The number of carbonyl (C=O) groups excluding carboxylic acids is 2. The summed E-state index contributed by atoms with van der Waals surface area (Å²) in [5.41, 5.74) is 1.56. The second-order valence-electron chi connectivity index (χ2n) is 7.01. The number of hydrogen-bond donors (Lipinski definition) is 1. The third-order valence-corrected chi connectivity index (χ3v) is 5.38. The molecule has 1 aromatic carbocycles. The number of nitrogens with one attached hydrogen (secondary N) is 1. The van der Waals surface area contributed by atoms with Crippen LogP contribution in [-0.4, -0.2) is 49.6 Å². The molecule has 2 aromatic rings. The van der Waals surface area contributed by atoms with Gasteiger partial charge < -0.3 is 24.3 Å². The minimum Gasteiger partial charge on any atom is -0.467 e. The third kappa shape index (κ3) is 4.15. The van der Waals surface area contributed by atoms with Gasteiger partial charge in [0.1, 0.15) is 5.76 Å². The molecule has 2 aliphatic rings. The number of benzene rings is 1. The summed E-state index contributed by atoms with van der Waals surface area (Å²) in [4.78, 5) is 28.6. The van der Waals surface area contributed by atoms with Gasteiger partial charge in [-0.15, -0.1) is 0 Å². The topological polar surface area (TPSA) is 75.0 Å². The Morgan fingerprint density at radius 3 is 2.79 bits per heavy atom. The number of ether oxygens (including phenoxy) is 1. The van der Waals surface area contributed by atoms with Crippen LogP contribution in [0.25, 0.3) is 0 Å². The Morgan fingerprint density at radius 1 is 1.25 bits per heavy atom. The van der Waals surface area contributed by atoms with Crippen molar-refractivity contribution in [2.75, 3.05) is 43.1 Å². The summed E-state index contributed by atoms with van der Waals surface area (Å²) >= 11 is 6.43. The van der Waals surface area contributed by atoms with Crippen molar-refractivity contribution in [1.82, 2.24) is 4.90 Å². The van der Waals surface area contributed by atoms with E-state index >= 15 is 0 Å². The van der Waals surface area contributed by atoms with Gasteiger partial charge in [-0.3, -0.25) is 9.59 Å². The highest BCUT2D eigenvalue weighted by atomic mass is 35.5. The molecule has 1 atom stereocenters. The maximum absolute atomic E-state index is 12.6. The van der Waals surface area contributed by atoms with E-state index in [1.54, 1.807) is 23.3 Å². The van der Waals surface area contributed by atoms with Crippen LogP contribution in [0.4, 0.5) is 11.4 Å². The third-order valence-electron chi connectivity index (χ3n) is 5.08. The van der Waals surface area contributed by atoms with Gasteiger partial charge in [-0.1, -0.05) is 11.6 Å². The van der Waals surface area contributed by atoms with Crippen molar-refractivity contribution < 1.29 is 18.7 Å². The molecule has 0 bridgehead atoms. The minimum atomic E-state index is -0.389. The smallest absolute Gasteiger partial charge is 0.229 e. The molecular formula is C20H22ClN3O4. The number of furan rings is 1. The van der Waals surface area contributed by atoms with Gasteiger partial charge in [-0.05, 0) is 30.3 Å². The Morgan fingerprint density at radius 2 is 2.07 bits per heavy atom. The Kier molecular flexibility index (Phi) is 5.54. The zero-order chi connectivity index (χ0) is 19.5. The number of rotatable bonds is 5. The van der Waals surface area contributed by atoms with E-state index in [2.05, 4.69) is 10.2 Å². The van der Waals surface area contributed by atoms with Crippen molar-refractivity contribution in [2.45, 2.75) is 13.0 Å². The van der Waals surface area contributed by atoms with Crippen molar-refractivity contribution in [2.24, 2.45) is 5.92 Å². The van der Waals surface area contributed by atoms with Crippen LogP contribution in [0.2, 0.25) is 5.02 Å². The summed E-state index contributed by atoms with van der Waals surface area (Å²) in [6.07, 6.45) is 1.77. The molecule has 148 valence electrons. The van der Waals surface area contributed by atoms with Gasteiger partial charge in [-0.25, -0.2) is 0 Å². The van der Waals surface area contributed by atoms with Crippen LogP contribution in [-0.2, 0) is 20.9 Å². The van der Waals surface area contributed by atoms with Gasteiger partial charge in [0.25, 0.3) is 0 Å². The van der Waals surface area contributed by atoms with Crippen LogP contribution in [0.15, 0.2) is 41.0 Å². The zero-order valence-corrected chi connectivity index (χ0v) is 16.2. The Bertz CT molecular complexity index is 849. The SMILES string of the molecule is O=C(Nc1ccc(N2CCOCC2)c(Cl)c1)C1CC(=O)N(Cc2ccco2)C1. The van der Waals surface area contributed by atoms with E-state index in [-0.39, 0.29) is 24.2 Å². The number of halogens is 1. The molecule has 1 N–H and O–H groups in total. The summed E-state index contributed by atoms with van der Waals surface area (Å²) < 4.78 is 10.7. The fourth-order valence-electron chi connectivity index (χ4n) is 3.58. The van der Waals surface area contributed by atoms with Crippen LogP contribution >= 0.6 is 11.6 Å². The minimum absolute atomic E-state index is 0.0442. The average Bonchev–Trinajstić information content (AvgIpc) is 3.33. The van der Waals surface area contributed by atoms with Gasteiger partial charge >= 0.3 is 0 Å². The molecule has 0 aliphatic carbocycles. The van der Waals surface area contributed by atoms with Crippen LogP contribution < -0.4 is 10.2 Å². The quantitative estimate of drug-likeness (QED) is 0.830. The lowest BCUT2D eigenvalue weighted by Crippen LogP contribution is -2.36. The number of likely N-dealkylation sites (tertiary alicyclic amines) is 1. The maximum atomic E-state index is 12.6.